The van der Waals surface area contributed by atoms with Crippen LogP contribution in [0.5, 0.6) is 0 Å². The Labute approximate surface area is 124 Å². The molecule has 6 heteroatoms. The quantitative estimate of drug-likeness (QED) is 0.858. The Bertz CT molecular complexity index is 486. The van der Waals surface area contributed by atoms with Gasteiger partial charge in [0, 0.05) is 0 Å². The van der Waals surface area contributed by atoms with Gasteiger partial charge < -0.3 is 23.7 Å². The number of nitrogens with one attached hydrogen (secondary N) is 1. The highest BCUT2D eigenvalue weighted by molar-refractivity contribution is 5.06. The van der Waals surface area contributed by atoms with Crippen LogP contribution in [0.25, 0.3) is 0 Å². The average Bonchev–Trinajstić information content (AvgIpc) is 3.09. The molecule has 0 radical (unpaired) electrons. The Hall–Kier alpha value is -0.920. The smallest absolute Gasteiger partial charge is 0.164 e. The number of aliphatic hydroxyl groups excluding tert-OH is 1. The van der Waals surface area contributed by atoms with Gasteiger partial charge in [-0.1, -0.05) is 6.92 Å². The fourth-order valence-electron chi connectivity index (χ4n) is 2.98. The van der Waals surface area contributed by atoms with Crippen LogP contribution in [0.3, 0.4) is 0 Å². The van der Waals surface area contributed by atoms with Crippen LogP contribution in [0.1, 0.15) is 38.7 Å². The van der Waals surface area contributed by atoms with Gasteiger partial charge in [0.2, 0.25) is 0 Å². The predicted octanol–water partition coefficient (Wildman–Crippen LogP) is 1.52. The highest BCUT2D eigenvalue weighted by Crippen LogP contribution is 2.38. The van der Waals surface area contributed by atoms with Crippen LogP contribution in [0, 0.1) is 0 Å². The number of furan rings is 1. The number of aliphatic hydroxyl groups is 1. The Kier molecular flexibility index (Phi) is 4.07. The first-order chi connectivity index (χ1) is 10.0. The molecule has 2 N–H and O–H groups in total. The summed E-state index contributed by atoms with van der Waals surface area (Å²) in [5.41, 5.74) is 0. The molecule has 4 atom stereocenters. The van der Waals surface area contributed by atoms with Gasteiger partial charge in [-0.25, -0.2) is 0 Å². The number of hydrogen-bond acceptors (Lipinski definition) is 6. The van der Waals surface area contributed by atoms with E-state index in [2.05, 4.69) is 12.2 Å². The van der Waals surface area contributed by atoms with Crippen molar-refractivity contribution in [1.29, 1.82) is 0 Å². The van der Waals surface area contributed by atoms with E-state index < -0.39 is 5.79 Å². The van der Waals surface area contributed by atoms with Gasteiger partial charge in [-0.15, -0.1) is 0 Å². The van der Waals surface area contributed by atoms with Crippen molar-refractivity contribution in [2.45, 2.75) is 70.7 Å². The van der Waals surface area contributed by atoms with Gasteiger partial charge in [-0.2, -0.15) is 0 Å². The number of rotatable bonds is 5. The molecule has 2 aliphatic heterocycles. The standard InChI is InChI=1S/C15H23NO5/c1-4-11-12-13(21-15(2,3)20-12)14(19-11)16-7-9-5-6-10(8-17)18-9/h5-6,11-14,16-17H,4,7-8H2,1-3H3. The molecule has 118 valence electrons. The Morgan fingerprint density at radius 1 is 1.19 bits per heavy atom. The molecule has 0 amide bonds. The Balaban J connectivity index is 1.62. The lowest BCUT2D eigenvalue weighted by atomic mass is 10.1. The molecule has 1 aromatic rings. The molecule has 0 spiro atoms. The third-order valence-electron chi connectivity index (χ3n) is 3.90. The minimum absolute atomic E-state index is 0.0351. The maximum absolute atomic E-state index is 9.00. The molecule has 2 aliphatic rings. The summed E-state index contributed by atoms with van der Waals surface area (Å²) >= 11 is 0. The summed E-state index contributed by atoms with van der Waals surface area (Å²) in [5.74, 6) is 0.753. The van der Waals surface area contributed by atoms with Gasteiger partial charge in [-0.3, -0.25) is 5.32 Å². The Morgan fingerprint density at radius 2 is 1.90 bits per heavy atom. The molecule has 3 rings (SSSR count). The molecule has 6 nitrogen and oxygen atoms in total. The van der Waals surface area contributed by atoms with Gasteiger partial charge >= 0.3 is 0 Å². The van der Waals surface area contributed by atoms with E-state index in [4.69, 9.17) is 23.7 Å². The summed E-state index contributed by atoms with van der Waals surface area (Å²) in [5, 5.41) is 12.3. The number of fused-ring (bicyclic) bond motifs is 1. The summed E-state index contributed by atoms with van der Waals surface area (Å²) in [7, 11) is 0. The molecular formula is C15H23NO5. The first kappa shape index (κ1) is 15.0. The molecule has 0 bridgehead atoms. The monoisotopic (exact) mass is 297 g/mol. The van der Waals surface area contributed by atoms with Crippen molar-refractivity contribution < 1.29 is 23.7 Å². The zero-order chi connectivity index (χ0) is 15.0. The highest BCUT2D eigenvalue weighted by atomic mass is 16.8. The largest absolute Gasteiger partial charge is 0.462 e. The van der Waals surface area contributed by atoms with Crippen LogP contribution in [0.2, 0.25) is 0 Å². The molecule has 0 aromatic carbocycles. The van der Waals surface area contributed by atoms with Crippen LogP contribution in [-0.4, -0.2) is 35.4 Å². The zero-order valence-electron chi connectivity index (χ0n) is 12.7. The lowest BCUT2D eigenvalue weighted by molar-refractivity contribution is -0.190. The van der Waals surface area contributed by atoms with Crippen molar-refractivity contribution in [3.63, 3.8) is 0 Å². The SMILES string of the molecule is CCC1OC(NCc2ccc(CO)o2)C2OC(C)(C)OC12. The van der Waals surface area contributed by atoms with Crippen LogP contribution in [0.15, 0.2) is 16.5 Å². The summed E-state index contributed by atoms with van der Waals surface area (Å²) < 4.78 is 23.3. The van der Waals surface area contributed by atoms with E-state index in [1.54, 1.807) is 6.07 Å². The second-order valence-corrected chi connectivity index (χ2v) is 5.98. The van der Waals surface area contributed by atoms with Crippen molar-refractivity contribution in [1.82, 2.24) is 5.32 Å². The van der Waals surface area contributed by atoms with E-state index >= 15 is 0 Å². The first-order valence-electron chi connectivity index (χ1n) is 7.45. The van der Waals surface area contributed by atoms with Crippen molar-refractivity contribution in [3.05, 3.63) is 23.7 Å². The fourth-order valence-corrected chi connectivity index (χ4v) is 2.98. The van der Waals surface area contributed by atoms with Gasteiger partial charge in [-0.05, 0) is 32.4 Å². The van der Waals surface area contributed by atoms with E-state index in [-0.39, 0.29) is 31.1 Å². The summed E-state index contributed by atoms with van der Waals surface area (Å²) in [4.78, 5) is 0. The van der Waals surface area contributed by atoms with Gasteiger partial charge in [0.15, 0.2) is 5.79 Å². The second kappa shape index (κ2) is 5.70. The van der Waals surface area contributed by atoms with Crippen LogP contribution < -0.4 is 5.32 Å². The molecule has 21 heavy (non-hydrogen) atoms. The lowest BCUT2D eigenvalue weighted by Gasteiger charge is -2.24. The van der Waals surface area contributed by atoms with Crippen molar-refractivity contribution in [2.24, 2.45) is 0 Å². The van der Waals surface area contributed by atoms with Crippen LogP contribution >= 0.6 is 0 Å². The number of hydrogen-bond donors (Lipinski definition) is 2. The maximum Gasteiger partial charge on any atom is 0.164 e. The summed E-state index contributed by atoms with van der Waals surface area (Å²) in [6.45, 7) is 6.37. The van der Waals surface area contributed by atoms with E-state index in [0.29, 0.717) is 12.3 Å². The molecular weight excluding hydrogens is 274 g/mol. The van der Waals surface area contributed by atoms with E-state index in [0.717, 1.165) is 12.2 Å². The normalized spacial score (nSPS) is 34.3. The number of ether oxygens (including phenoxy) is 3. The lowest BCUT2D eigenvalue weighted by Crippen LogP contribution is -2.40. The first-order valence-corrected chi connectivity index (χ1v) is 7.45. The highest BCUT2D eigenvalue weighted by Gasteiger charge is 2.54. The summed E-state index contributed by atoms with van der Waals surface area (Å²) in [6.07, 6.45) is 0.557. The molecule has 2 saturated heterocycles. The van der Waals surface area contributed by atoms with Crippen LogP contribution in [-0.2, 0) is 27.4 Å². The van der Waals surface area contributed by atoms with Crippen LogP contribution in [0.4, 0.5) is 0 Å². The third kappa shape index (κ3) is 3.00. The second-order valence-electron chi connectivity index (χ2n) is 5.98. The van der Waals surface area contributed by atoms with E-state index in [1.807, 2.05) is 19.9 Å². The Morgan fingerprint density at radius 3 is 2.57 bits per heavy atom. The van der Waals surface area contributed by atoms with Gasteiger partial charge in [0.25, 0.3) is 0 Å². The molecule has 0 aliphatic carbocycles. The van der Waals surface area contributed by atoms with Crippen molar-refractivity contribution >= 4 is 0 Å². The molecule has 4 unspecified atom stereocenters. The van der Waals surface area contributed by atoms with Crippen molar-refractivity contribution in [2.75, 3.05) is 0 Å². The molecule has 0 saturated carbocycles. The van der Waals surface area contributed by atoms with Gasteiger partial charge in [0.1, 0.15) is 36.6 Å². The maximum atomic E-state index is 9.00. The van der Waals surface area contributed by atoms with Crippen molar-refractivity contribution in [3.8, 4) is 0 Å². The molecule has 1 aromatic heterocycles. The fraction of sp³-hybridized carbons (Fsp3) is 0.733. The third-order valence-corrected chi connectivity index (χ3v) is 3.90. The topological polar surface area (TPSA) is 73.1 Å². The minimum atomic E-state index is -0.568. The molecule has 3 heterocycles. The van der Waals surface area contributed by atoms with E-state index in [9.17, 15) is 0 Å². The summed E-state index contributed by atoms with van der Waals surface area (Å²) in [6, 6.07) is 3.61. The predicted molar refractivity (Wildman–Crippen MR) is 74.2 cm³/mol. The molecule has 2 fully saturated rings. The zero-order valence-corrected chi connectivity index (χ0v) is 12.7. The minimum Gasteiger partial charge on any atom is -0.462 e. The van der Waals surface area contributed by atoms with Gasteiger partial charge in [0.05, 0.1) is 12.6 Å². The van der Waals surface area contributed by atoms with E-state index in [1.165, 1.54) is 0 Å². The average molecular weight is 297 g/mol.